The molecule has 5 heteroatoms. The van der Waals surface area contributed by atoms with E-state index in [9.17, 15) is 5.26 Å². The molecule has 3 aromatic rings. The number of pyridine rings is 1. The Hall–Kier alpha value is -2.68. The highest BCUT2D eigenvalue weighted by molar-refractivity contribution is 5.85. The van der Waals surface area contributed by atoms with Crippen LogP contribution in [0, 0.1) is 11.3 Å². The van der Waals surface area contributed by atoms with Crippen LogP contribution in [-0.2, 0) is 17.8 Å². The molecule has 2 aliphatic heterocycles. The Morgan fingerprint density at radius 3 is 3.04 bits per heavy atom. The Morgan fingerprint density at radius 2 is 2.21 bits per heavy atom. The molecule has 2 aromatic heterocycles. The first-order chi connectivity index (χ1) is 13.7. The third kappa shape index (κ3) is 2.90. The van der Waals surface area contributed by atoms with Gasteiger partial charge in [0.2, 0.25) is 0 Å². The highest BCUT2D eigenvalue weighted by Gasteiger charge is 2.24. The number of aromatic amines is 1. The second-order valence-corrected chi connectivity index (χ2v) is 7.87. The molecular weight excluding hydrogens is 348 g/mol. The van der Waals surface area contributed by atoms with E-state index in [1.54, 1.807) is 0 Å². The summed E-state index contributed by atoms with van der Waals surface area (Å²) in [6.45, 7) is 4.50. The Labute approximate surface area is 164 Å². The molecule has 0 amide bonds. The number of hydrogen-bond acceptors (Lipinski definition) is 4. The molecular formula is C23H24N4O. The minimum atomic E-state index is -0.162. The van der Waals surface area contributed by atoms with Gasteiger partial charge in [-0.3, -0.25) is 0 Å². The summed E-state index contributed by atoms with van der Waals surface area (Å²) in [5.74, 6) is -0.162. The number of ether oxygens (including phenoxy) is 1. The molecule has 0 spiro atoms. The summed E-state index contributed by atoms with van der Waals surface area (Å²) < 4.78 is 5.77. The van der Waals surface area contributed by atoms with Gasteiger partial charge < -0.3 is 15.0 Å². The van der Waals surface area contributed by atoms with Crippen LogP contribution in [0.15, 0.2) is 30.6 Å². The molecule has 0 radical (unpaired) electrons. The van der Waals surface area contributed by atoms with Gasteiger partial charge in [0, 0.05) is 29.4 Å². The summed E-state index contributed by atoms with van der Waals surface area (Å²) in [4.78, 5) is 7.83. The monoisotopic (exact) mass is 372 g/mol. The zero-order valence-corrected chi connectivity index (χ0v) is 16.1. The number of nitrogens with zero attached hydrogens (tertiary/aromatic N) is 2. The van der Waals surface area contributed by atoms with Gasteiger partial charge in [-0.05, 0) is 72.7 Å². The van der Waals surface area contributed by atoms with Crippen molar-refractivity contribution < 1.29 is 4.74 Å². The zero-order chi connectivity index (χ0) is 19.1. The van der Waals surface area contributed by atoms with Gasteiger partial charge in [0.25, 0.3) is 0 Å². The summed E-state index contributed by atoms with van der Waals surface area (Å²) in [5, 5.41) is 14.0. The van der Waals surface area contributed by atoms with Crippen LogP contribution in [0.25, 0.3) is 22.2 Å². The van der Waals surface area contributed by atoms with Gasteiger partial charge in [0.15, 0.2) is 0 Å². The van der Waals surface area contributed by atoms with Crippen LogP contribution >= 0.6 is 0 Å². The maximum absolute atomic E-state index is 9.34. The largest absolute Gasteiger partial charge is 0.376 e. The number of benzene rings is 1. The summed E-state index contributed by atoms with van der Waals surface area (Å²) in [6.07, 6.45) is 7.20. The number of hydrogen-bond donors (Lipinski definition) is 2. The third-order valence-corrected chi connectivity index (χ3v) is 6.13. The number of nitriles is 1. The fourth-order valence-electron chi connectivity index (χ4n) is 4.55. The van der Waals surface area contributed by atoms with Crippen molar-refractivity contribution in [1.82, 2.24) is 15.3 Å². The average Bonchev–Trinajstić information content (AvgIpc) is 3.42. The van der Waals surface area contributed by atoms with Crippen molar-refractivity contribution in [3.8, 4) is 17.2 Å². The van der Waals surface area contributed by atoms with Crippen molar-refractivity contribution >= 4 is 11.0 Å². The van der Waals surface area contributed by atoms with Crippen LogP contribution in [0.5, 0.6) is 0 Å². The summed E-state index contributed by atoms with van der Waals surface area (Å²) in [6, 6.07) is 9.55. The van der Waals surface area contributed by atoms with E-state index in [1.165, 1.54) is 35.1 Å². The van der Waals surface area contributed by atoms with Crippen LogP contribution in [0.1, 0.15) is 54.0 Å². The molecule has 4 heterocycles. The van der Waals surface area contributed by atoms with Crippen LogP contribution in [0.3, 0.4) is 0 Å². The molecule has 2 atom stereocenters. The highest BCUT2D eigenvalue weighted by Crippen LogP contribution is 2.36. The normalized spacial score (nSPS) is 20.1. The number of H-pyrrole nitrogens is 1. The van der Waals surface area contributed by atoms with E-state index >= 15 is 0 Å². The van der Waals surface area contributed by atoms with Crippen LogP contribution in [0.2, 0.25) is 0 Å². The Kier molecular flexibility index (Phi) is 4.38. The van der Waals surface area contributed by atoms with E-state index in [2.05, 4.69) is 39.6 Å². The van der Waals surface area contributed by atoms with E-state index in [0.717, 1.165) is 41.7 Å². The fraction of sp³-hybridized carbons (Fsp3) is 0.391. The number of aromatic nitrogens is 2. The lowest BCUT2D eigenvalue weighted by Gasteiger charge is -2.24. The van der Waals surface area contributed by atoms with Gasteiger partial charge in [0.05, 0.1) is 25.2 Å². The van der Waals surface area contributed by atoms with Crippen LogP contribution in [0.4, 0.5) is 0 Å². The van der Waals surface area contributed by atoms with E-state index in [4.69, 9.17) is 4.74 Å². The highest BCUT2D eigenvalue weighted by atomic mass is 16.5. The fourth-order valence-corrected chi connectivity index (χ4v) is 4.55. The lowest BCUT2D eigenvalue weighted by Crippen LogP contribution is -2.19. The average molecular weight is 372 g/mol. The Balaban J connectivity index is 1.64. The molecule has 2 aliphatic rings. The van der Waals surface area contributed by atoms with Gasteiger partial charge in [-0.25, -0.2) is 4.98 Å². The van der Waals surface area contributed by atoms with Gasteiger partial charge >= 0.3 is 0 Å². The zero-order valence-electron chi connectivity index (χ0n) is 16.1. The molecule has 0 bridgehead atoms. The second-order valence-electron chi connectivity index (χ2n) is 7.87. The van der Waals surface area contributed by atoms with E-state index in [1.807, 2.05) is 19.3 Å². The SMILES string of the molecule is C[C@@H](C#N)c1c[nH]c2ncc(-c3cc4c(c([C@@H]5CCCN5)c3)COCC4)cc12. The van der Waals surface area contributed by atoms with Crippen LogP contribution < -0.4 is 5.32 Å². The van der Waals surface area contributed by atoms with E-state index < -0.39 is 0 Å². The standard InChI is InChI=1S/C23H24N4O/c1-14(10-24)20-12-27-23-19(20)9-17(11-26-23)16-7-15-4-6-28-13-21(15)18(8-16)22-3-2-5-25-22/h7-9,11-12,14,22,25H,2-6,13H2,1H3,(H,26,27)/t14-,22-/m0/s1. The summed E-state index contributed by atoms with van der Waals surface area (Å²) in [7, 11) is 0. The molecule has 1 saturated heterocycles. The quantitative estimate of drug-likeness (QED) is 0.717. The predicted octanol–water partition coefficient (Wildman–Crippen LogP) is 4.35. The third-order valence-electron chi connectivity index (χ3n) is 6.13. The molecule has 1 aromatic carbocycles. The molecule has 2 N–H and O–H groups in total. The Bertz CT molecular complexity index is 1070. The lowest BCUT2D eigenvalue weighted by molar-refractivity contribution is 0.109. The first kappa shape index (κ1) is 17.4. The molecule has 5 nitrogen and oxygen atoms in total. The van der Waals surface area contributed by atoms with Gasteiger partial charge in [-0.2, -0.15) is 5.26 Å². The summed E-state index contributed by atoms with van der Waals surface area (Å²) in [5.41, 5.74) is 8.30. The predicted molar refractivity (Wildman–Crippen MR) is 109 cm³/mol. The molecule has 5 rings (SSSR count). The van der Waals surface area contributed by atoms with E-state index in [-0.39, 0.29) is 5.92 Å². The second kappa shape index (κ2) is 7.05. The van der Waals surface area contributed by atoms with Crippen molar-refractivity contribution in [3.63, 3.8) is 0 Å². The lowest BCUT2D eigenvalue weighted by atomic mass is 9.88. The Morgan fingerprint density at radius 1 is 1.29 bits per heavy atom. The smallest absolute Gasteiger partial charge is 0.137 e. The van der Waals surface area contributed by atoms with Crippen molar-refractivity contribution in [2.75, 3.05) is 13.2 Å². The summed E-state index contributed by atoms with van der Waals surface area (Å²) >= 11 is 0. The maximum Gasteiger partial charge on any atom is 0.137 e. The van der Waals surface area contributed by atoms with Crippen molar-refractivity contribution in [2.45, 2.75) is 44.8 Å². The van der Waals surface area contributed by atoms with E-state index in [0.29, 0.717) is 12.6 Å². The number of rotatable bonds is 3. The topological polar surface area (TPSA) is 73.7 Å². The molecule has 0 aliphatic carbocycles. The van der Waals surface area contributed by atoms with Crippen molar-refractivity contribution in [3.05, 3.63) is 52.8 Å². The molecule has 1 fully saturated rings. The minimum absolute atomic E-state index is 0.162. The molecule has 0 unspecified atom stereocenters. The maximum atomic E-state index is 9.34. The van der Waals surface area contributed by atoms with Crippen molar-refractivity contribution in [1.29, 1.82) is 5.26 Å². The van der Waals surface area contributed by atoms with Gasteiger partial charge in [-0.15, -0.1) is 0 Å². The first-order valence-corrected chi connectivity index (χ1v) is 10.1. The molecule has 142 valence electrons. The van der Waals surface area contributed by atoms with Crippen molar-refractivity contribution in [2.24, 2.45) is 0 Å². The minimum Gasteiger partial charge on any atom is -0.376 e. The van der Waals surface area contributed by atoms with Gasteiger partial charge in [-0.1, -0.05) is 6.07 Å². The van der Waals surface area contributed by atoms with Crippen LogP contribution in [-0.4, -0.2) is 23.1 Å². The number of fused-ring (bicyclic) bond motifs is 2. The first-order valence-electron chi connectivity index (χ1n) is 10.1. The number of nitrogens with one attached hydrogen (secondary N) is 2. The molecule has 28 heavy (non-hydrogen) atoms. The molecule has 0 saturated carbocycles. The van der Waals surface area contributed by atoms with Gasteiger partial charge in [0.1, 0.15) is 5.65 Å².